The molecule has 33 heavy (non-hydrogen) atoms. The van der Waals surface area contributed by atoms with Gasteiger partial charge in [-0.2, -0.15) is 0 Å². The average molecular weight is 443 g/mol. The molecule has 0 unspecified atom stereocenters. The maximum Gasteiger partial charge on any atom is 0.330 e. The number of aromatic hydroxyl groups is 1. The molecule has 0 spiro atoms. The molecule has 4 aromatic rings. The minimum Gasteiger partial charge on any atom is -0.502 e. The van der Waals surface area contributed by atoms with Gasteiger partial charge in [-0.05, 0) is 48.0 Å². The number of carbonyl (C=O) groups excluding carboxylic acids is 1. The molecule has 0 radical (unpaired) electrons. The van der Waals surface area contributed by atoms with E-state index in [1.807, 2.05) is 6.07 Å². The largest absolute Gasteiger partial charge is 0.502 e. The Morgan fingerprint density at radius 1 is 1.09 bits per heavy atom. The van der Waals surface area contributed by atoms with Crippen molar-refractivity contribution in [2.75, 3.05) is 14.2 Å². The topological polar surface area (TPSA) is 106 Å². The van der Waals surface area contributed by atoms with E-state index in [0.717, 1.165) is 5.56 Å². The molecule has 166 valence electrons. The molecule has 0 bridgehead atoms. The monoisotopic (exact) mass is 443 g/mol. The van der Waals surface area contributed by atoms with Crippen molar-refractivity contribution in [3.8, 4) is 34.2 Å². The van der Waals surface area contributed by atoms with Gasteiger partial charge in [0.1, 0.15) is 0 Å². The Hall–Kier alpha value is -4.59. The van der Waals surface area contributed by atoms with Gasteiger partial charge in [0, 0.05) is 29.7 Å². The molecule has 0 aliphatic rings. The van der Waals surface area contributed by atoms with Crippen LogP contribution in [-0.4, -0.2) is 39.6 Å². The number of hydrogen-bond donors (Lipinski definition) is 2. The fourth-order valence-electron chi connectivity index (χ4n) is 3.34. The van der Waals surface area contributed by atoms with Crippen LogP contribution in [0.15, 0.2) is 78.0 Å². The first kappa shape index (κ1) is 21.6. The smallest absolute Gasteiger partial charge is 0.330 e. The maximum atomic E-state index is 12.8. The van der Waals surface area contributed by atoms with Gasteiger partial charge < -0.3 is 19.6 Å². The third-order valence-electron chi connectivity index (χ3n) is 5.03. The zero-order valence-corrected chi connectivity index (χ0v) is 18.0. The van der Waals surface area contributed by atoms with E-state index in [0.29, 0.717) is 22.5 Å². The molecule has 2 heterocycles. The summed E-state index contributed by atoms with van der Waals surface area (Å²) in [5.41, 5.74) is 2.67. The lowest BCUT2D eigenvalue weighted by molar-refractivity contribution is 0.104. The summed E-state index contributed by atoms with van der Waals surface area (Å²) in [6.07, 6.45) is 8.00. The van der Waals surface area contributed by atoms with Gasteiger partial charge in [-0.25, -0.2) is 4.79 Å². The summed E-state index contributed by atoms with van der Waals surface area (Å²) in [5, 5.41) is 10.0. The molecule has 0 saturated heterocycles. The van der Waals surface area contributed by atoms with E-state index in [4.69, 9.17) is 9.47 Å². The highest BCUT2D eigenvalue weighted by atomic mass is 16.5. The summed E-state index contributed by atoms with van der Waals surface area (Å²) in [6.45, 7) is 0. The van der Waals surface area contributed by atoms with Crippen molar-refractivity contribution in [2.45, 2.75) is 0 Å². The van der Waals surface area contributed by atoms with Crippen molar-refractivity contribution >= 4 is 11.9 Å². The number of phenolic OH excluding ortho intramolecular Hbond substituents is 1. The van der Waals surface area contributed by atoms with E-state index in [9.17, 15) is 14.7 Å². The normalized spacial score (nSPS) is 11.0. The molecule has 0 atom stereocenters. The lowest BCUT2D eigenvalue weighted by atomic mass is 10.1. The van der Waals surface area contributed by atoms with Gasteiger partial charge in [0.25, 0.3) is 0 Å². The second kappa shape index (κ2) is 9.27. The summed E-state index contributed by atoms with van der Waals surface area (Å²) < 4.78 is 11.7. The number of nitrogens with one attached hydrogen (secondary N) is 1. The highest BCUT2D eigenvalue weighted by Crippen LogP contribution is 2.37. The third-order valence-corrected chi connectivity index (χ3v) is 5.03. The number of carbonyl (C=O) groups is 1. The summed E-state index contributed by atoms with van der Waals surface area (Å²) in [4.78, 5) is 32.2. The Morgan fingerprint density at radius 2 is 1.85 bits per heavy atom. The number of phenols is 1. The van der Waals surface area contributed by atoms with Gasteiger partial charge >= 0.3 is 5.69 Å². The van der Waals surface area contributed by atoms with Gasteiger partial charge in [-0.1, -0.05) is 18.2 Å². The van der Waals surface area contributed by atoms with Gasteiger partial charge in [-0.3, -0.25) is 14.3 Å². The second-order valence-electron chi connectivity index (χ2n) is 7.11. The summed E-state index contributed by atoms with van der Waals surface area (Å²) >= 11 is 0. The second-order valence-corrected chi connectivity index (χ2v) is 7.11. The van der Waals surface area contributed by atoms with Crippen molar-refractivity contribution in [1.29, 1.82) is 0 Å². The fraction of sp³-hybridized carbons (Fsp3) is 0.0800. The number of aromatic nitrogens is 3. The molecule has 2 aromatic carbocycles. The van der Waals surface area contributed by atoms with Crippen molar-refractivity contribution in [3.63, 3.8) is 0 Å². The van der Waals surface area contributed by atoms with Crippen LogP contribution in [0.25, 0.3) is 23.0 Å². The van der Waals surface area contributed by atoms with E-state index in [1.165, 1.54) is 24.9 Å². The molecule has 8 nitrogen and oxygen atoms in total. The van der Waals surface area contributed by atoms with Crippen LogP contribution in [0.2, 0.25) is 0 Å². The first-order valence-electron chi connectivity index (χ1n) is 10.00. The van der Waals surface area contributed by atoms with Crippen LogP contribution in [0.1, 0.15) is 15.9 Å². The Balaban J connectivity index is 1.61. The predicted octanol–water partition coefficient (Wildman–Crippen LogP) is 3.85. The van der Waals surface area contributed by atoms with Crippen molar-refractivity contribution in [3.05, 3.63) is 94.8 Å². The first-order valence-corrected chi connectivity index (χ1v) is 10.00. The molecule has 2 N–H and O–H groups in total. The predicted molar refractivity (Wildman–Crippen MR) is 124 cm³/mol. The summed E-state index contributed by atoms with van der Waals surface area (Å²) in [5.74, 6) is 0.108. The maximum absolute atomic E-state index is 12.8. The van der Waals surface area contributed by atoms with Crippen LogP contribution >= 0.6 is 0 Å². The molecule has 0 amide bonds. The Kier molecular flexibility index (Phi) is 6.08. The van der Waals surface area contributed by atoms with E-state index >= 15 is 0 Å². The zero-order chi connectivity index (χ0) is 23.4. The molecule has 2 aromatic heterocycles. The molecular formula is C25H21N3O5. The number of allylic oxidation sites excluding steroid dienone is 1. The minimum atomic E-state index is -0.322. The standard InChI is InChI=1S/C25H21N3O5/c1-32-22-11-16(12-23(33-2)24(22)30)8-9-21(29)17-5-3-7-19(13-17)28-15-20(27-25(28)31)18-6-4-10-26-14-18/h3-15,30H,1-2H3,(H,27,31)/b9-8+. The lowest BCUT2D eigenvalue weighted by Crippen LogP contribution is -2.14. The van der Waals surface area contributed by atoms with Crippen LogP contribution < -0.4 is 15.2 Å². The quantitative estimate of drug-likeness (QED) is 0.332. The van der Waals surface area contributed by atoms with Crippen molar-refractivity contribution < 1.29 is 19.4 Å². The van der Waals surface area contributed by atoms with Gasteiger partial charge in [0.15, 0.2) is 17.3 Å². The molecule has 0 aliphatic heterocycles. The number of aromatic amines is 1. The SMILES string of the molecule is COc1cc(/C=C/C(=O)c2cccc(-n3cc(-c4cccnc4)[nH]c3=O)c2)cc(OC)c1O. The first-order chi connectivity index (χ1) is 16.0. The van der Waals surface area contributed by atoms with E-state index in [2.05, 4.69) is 9.97 Å². The van der Waals surface area contributed by atoms with Gasteiger partial charge in [0.05, 0.1) is 25.6 Å². The molecular weight excluding hydrogens is 422 g/mol. The number of hydrogen-bond acceptors (Lipinski definition) is 6. The average Bonchev–Trinajstić information content (AvgIpc) is 3.25. The molecule has 0 saturated carbocycles. The Bertz CT molecular complexity index is 1360. The molecule has 8 heteroatoms. The van der Waals surface area contributed by atoms with Crippen LogP contribution in [0, 0.1) is 0 Å². The van der Waals surface area contributed by atoms with E-state index in [-0.39, 0.29) is 28.7 Å². The molecule has 4 rings (SSSR count). The summed E-state index contributed by atoms with van der Waals surface area (Å²) in [7, 11) is 2.86. The number of ether oxygens (including phenoxy) is 2. The number of ketones is 1. The summed E-state index contributed by atoms with van der Waals surface area (Å²) in [6, 6.07) is 13.6. The van der Waals surface area contributed by atoms with E-state index < -0.39 is 0 Å². The fourth-order valence-corrected chi connectivity index (χ4v) is 3.34. The molecule has 0 fully saturated rings. The number of benzene rings is 2. The number of methoxy groups -OCH3 is 2. The van der Waals surface area contributed by atoms with Crippen LogP contribution in [0.3, 0.4) is 0 Å². The lowest BCUT2D eigenvalue weighted by Gasteiger charge is -2.09. The zero-order valence-electron chi connectivity index (χ0n) is 18.0. The van der Waals surface area contributed by atoms with Crippen LogP contribution in [-0.2, 0) is 0 Å². The minimum absolute atomic E-state index is 0.112. The Labute approximate surface area is 189 Å². The number of H-pyrrole nitrogens is 1. The number of pyridine rings is 1. The number of rotatable bonds is 7. The van der Waals surface area contributed by atoms with Gasteiger partial charge in [0.2, 0.25) is 5.75 Å². The molecule has 0 aliphatic carbocycles. The Morgan fingerprint density at radius 3 is 2.52 bits per heavy atom. The third kappa shape index (κ3) is 4.54. The number of imidazole rings is 1. The highest BCUT2D eigenvalue weighted by Gasteiger charge is 2.12. The van der Waals surface area contributed by atoms with Crippen molar-refractivity contribution in [2.24, 2.45) is 0 Å². The number of nitrogens with zero attached hydrogens (tertiary/aromatic N) is 2. The van der Waals surface area contributed by atoms with Crippen LogP contribution in [0.5, 0.6) is 17.2 Å². The highest BCUT2D eigenvalue weighted by molar-refractivity contribution is 6.07. The van der Waals surface area contributed by atoms with Crippen molar-refractivity contribution in [1.82, 2.24) is 14.5 Å². The van der Waals surface area contributed by atoms with Gasteiger partial charge in [-0.15, -0.1) is 0 Å². The van der Waals surface area contributed by atoms with E-state index in [1.54, 1.807) is 67.1 Å². The van der Waals surface area contributed by atoms with Crippen LogP contribution in [0.4, 0.5) is 0 Å².